The molecule has 2 aliphatic heterocycles. The zero-order valence-corrected chi connectivity index (χ0v) is 18.6. The van der Waals surface area contributed by atoms with E-state index >= 15 is 0 Å². The maximum atomic E-state index is 12.2. The maximum Gasteiger partial charge on any atom is 0.323 e. The van der Waals surface area contributed by atoms with Crippen molar-refractivity contribution < 1.29 is 24.5 Å². The van der Waals surface area contributed by atoms with Crippen molar-refractivity contribution in [2.75, 3.05) is 38.2 Å². The molecule has 6 N–H and O–H groups in total. The van der Waals surface area contributed by atoms with E-state index in [0.29, 0.717) is 36.4 Å². The van der Waals surface area contributed by atoms with Gasteiger partial charge >= 0.3 is 5.97 Å². The molecule has 3 unspecified atom stereocenters. The summed E-state index contributed by atoms with van der Waals surface area (Å²) < 4.78 is 12.5. The lowest BCUT2D eigenvalue weighted by molar-refractivity contribution is -0.148. The molecule has 2 aromatic heterocycles. The van der Waals surface area contributed by atoms with Crippen LogP contribution < -0.4 is 11.5 Å². The Morgan fingerprint density at radius 2 is 2.16 bits per heavy atom. The summed E-state index contributed by atoms with van der Waals surface area (Å²) in [6.45, 7) is 1.87. The smallest absolute Gasteiger partial charge is 0.323 e. The van der Waals surface area contributed by atoms with Crippen LogP contribution >= 0.6 is 11.8 Å². The summed E-state index contributed by atoms with van der Waals surface area (Å²) in [5.74, 6) is 0.438. The highest BCUT2D eigenvalue weighted by Crippen LogP contribution is 2.36. The van der Waals surface area contributed by atoms with Crippen LogP contribution in [0.1, 0.15) is 19.1 Å². The predicted octanol–water partition coefficient (Wildman–Crippen LogP) is -1.27. The van der Waals surface area contributed by atoms with Crippen molar-refractivity contribution in [2.45, 2.75) is 48.7 Å². The number of carbonyl (C=O) groups is 1. The number of thioether (sulfide) groups is 1. The van der Waals surface area contributed by atoms with Gasteiger partial charge in [0.25, 0.3) is 0 Å². The van der Waals surface area contributed by atoms with Crippen LogP contribution in [0.4, 0.5) is 5.82 Å². The van der Waals surface area contributed by atoms with Crippen LogP contribution in [0.25, 0.3) is 11.2 Å². The lowest BCUT2D eigenvalue weighted by atomic mass is 10.0. The van der Waals surface area contributed by atoms with Crippen LogP contribution in [0.2, 0.25) is 0 Å². The van der Waals surface area contributed by atoms with Gasteiger partial charge in [-0.05, 0) is 12.8 Å². The first-order valence-corrected chi connectivity index (χ1v) is 11.6. The van der Waals surface area contributed by atoms with Crippen LogP contribution in [0, 0.1) is 0 Å². The lowest BCUT2D eigenvalue weighted by Crippen LogP contribution is -2.50. The molecule has 0 bridgehead atoms. The highest BCUT2D eigenvalue weighted by Gasteiger charge is 2.45. The zero-order chi connectivity index (χ0) is 22.8. The van der Waals surface area contributed by atoms with Crippen LogP contribution in [-0.2, 0) is 14.3 Å². The van der Waals surface area contributed by atoms with E-state index in [1.807, 2.05) is 0 Å². The molecule has 2 fully saturated rings. The Hall–Kier alpha value is -2.03. The molecule has 0 saturated carbocycles. The summed E-state index contributed by atoms with van der Waals surface area (Å²) in [5, 5.41) is 21.4. The monoisotopic (exact) mass is 467 g/mol. The molecule has 0 aromatic carbocycles. The first kappa shape index (κ1) is 23.1. The number of carbonyl (C=O) groups excluding carboxylic acids is 1. The molecule has 13 heteroatoms. The average Bonchev–Trinajstić information content (AvgIpc) is 3.35. The fourth-order valence-electron chi connectivity index (χ4n) is 4.33. The zero-order valence-electron chi connectivity index (χ0n) is 17.8. The number of rotatable bonds is 7. The van der Waals surface area contributed by atoms with E-state index < -0.39 is 24.5 Å². The number of hydrogen-bond donors (Lipinski definition) is 4. The van der Waals surface area contributed by atoms with Crippen molar-refractivity contribution in [1.82, 2.24) is 24.4 Å². The van der Waals surface area contributed by atoms with Crippen LogP contribution in [0.3, 0.4) is 0 Å². The average molecular weight is 468 g/mol. The molecule has 0 spiro atoms. The number of hydrogen-bond acceptors (Lipinski definition) is 12. The summed E-state index contributed by atoms with van der Waals surface area (Å²) >= 11 is 1.63. The van der Waals surface area contributed by atoms with Gasteiger partial charge in [-0.2, -0.15) is 11.8 Å². The van der Waals surface area contributed by atoms with Gasteiger partial charge in [0, 0.05) is 30.6 Å². The number of anilines is 1. The summed E-state index contributed by atoms with van der Waals surface area (Å²) in [6.07, 6.45) is 0.653. The Morgan fingerprint density at radius 3 is 2.91 bits per heavy atom. The third-order valence-electron chi connectivity index (χ3n) is 6.05. The second-order valence-corrected chi connectivity index (χ2v) is 9.31. The number of nitrogens with zero attached hydrogens (tertiary/aromatic N) is 5. The Balaban J connectivity index is 1.40. The number of ether oxygens (including phenoxy) is 2. The lowest BCUT2D eigenvalue weighted by Gasteiger charge is -2.37. The molecule has 0 amide bonds. The second kappa shape index (κ2) is 9.85. The number of esters is 1. The molecular formula is C19H29N7O5S. The van der Waals surface area contributed by atoms with Gasteiger partial charge in [-0.15, -0.1) is 0 Å². The van der Waals surface area contributed by atoms with Crippen molar-refractivity contribution in [3.8, 4) is 0 Å². The minimum Gasteiger partial charge on any atom is -0.468 e. The Bertz CT molecular complexity index is 946. The van der Waals surface area contributed by atoms with Gasteiger partial charge in [0.1, 0.15) is 30.1 Å². The van der Waals surface area contributed by atoms with E-state index in [2.05, 4.69) is 19.9 Å². The minimum atomic E-state index is -1.15. The van der Waals surface area contributed by atoms with Gasteiger partial charge < -0.3 is 31.2 Å². The van der Waals surface area contributed by atoms with E-state index in [9.17, 15) is 15.0 Å². The molecule has 4 heterocycles. The van der Waals surface area contributed by atoms with E-state index in [-0.39, 0.29) is 23.1 Å². The van der Waals surface area contributed by atoms with E-state index in [1.54, 1.807) is 16.3 Å². The summed E-state index contributed by atoms with van der Waals surface area (Å²) in [4.78, 5) is 26.6. The van der Waals surface area contributed by atoms with E-state index in [1.165, 1.54) is 19.8 Å². The minimum absolute atomic E-state index is 0.196. The van der Waals surface area contributed by atoms with Crippen LogP contribution in [0.5, 0.6) is 0 Å². The largest absolute Gasteiger partial charge is 0.468 e. The topological polar surface area (TPSA) is 175 Å². The van der Waals surface area contributed by atoms with Crippen LogP contribution in [0.15, 0.2) is 12.7 Å². The Kier molecular flexibility index (Phi) is 7.12. The third kappa shape index (κ3) is 4.40. The Morgan fingerprint density at radius 1 is 1.34 bits per heavy atom. The van der Waals surface area contributed by atoms with Crippen molar-refractivity contribution in [3.63, 3.8) is 0 Å². The van der Waals surface area contributed by atoms with E-state index in [0.717, 1.165) is 13.0 Å². The number of nitrogen functional groups attached to an aromatic ring is 1. The fraction of sp³-hybridized carbons (Fsp3) is 0.684. The standard InChI is InChI=1S/C19H29N7O5S/c1-30-19(29)11-6-10(2-4-25(11)5-3-20)32-7-12-14(27)15(28)18(31-12)26-9-24-13-16(21)22-8-23-17(13)26/h8-12,14-15,18,27-28H,2-7,20H2,1H3,(H2,21,22,23)/t10?,11?,12-,14?,15+,18-/m1/s1. The van der Waals surface area contributed by atoms with Crippen molar-refractivity contribution in [3.05, 3.63) is 12.7 Å². The van der Waals surface area contributed by atoms with Gasteiger partial charge in [-0.1, -0.05) is 0 Å². The van der Waals surface area contributed by atoms with Gasteiger partial charge in [-0.25, -0.2) is 15.0 Å². The van der Waals surface area contributed by atoms with Gasteiger partial charge in [0.05, 0.1) is 19.5 Å². The number of fused-ring (bicyclic) bond motifs is 1. The quantitative estimate of drug-likeness (QED) is 0.356. The Labute approximate surface area is 189 Å². The fourth-order valence-corrected chi connectivity index (χ4v) is 5.66. The van der Waals surface area contributed by atoms with Crippen molar-refractivity contribution >= 4 is 34.7 Å². The first-order chi connectivity index (χ1) is 15.4. The molecular weight excluding hydrogens is 438 g/mol. The normalized spacial score (nSPS) is 31.2. The number of nitrogens with two attached hydrogens (primary N) is 2. The highest BCUT2D eigenvalue weighted by molar-refractivity contribution is 7.99. The molecule has 2 saturated heterocycles. The maximum absolute atomic E-state index is 12.2. The number of imidazole rings is 1. The molecule has 12 nitrogen and oxygen atoms in total. The molecule has 6 atom stereocenters. The van der Waals surface area contributed by atoms with E-state index in [4.69, 9.17) is 20.9 Å². The molecule has 0 aliphatic carbocycles. The number of aromatic nitrogens is 4. The second-order valence-electron chi connectivity index (χ2n) is 7.97. The highest BCUT2D eigenvalue weighted by atomic mass is 32.2. The summed E-state index contributed by atoms with van der Waals surface area (Å²) in [7, 11) is 1.39. The summed E-state index contributed by atoms with van der Waals surface area (Å²) in [5.41, 5.74) is 12.3. The third-order valence-corrected chi connectivity index (χ3v) is 7.47. The number of piperidine rings is 1. The number of methoxy groups -OCH3 is 1. The van der Waals surface area contributed by atoms with Crippen molar-refractivity contribution in [1.29, 1.82) is 0 Å². The number of likely N-dealkylation sites (tertiary alicyclic amines) is 1. The van der Waals surface area contributed by atoms with Gasteiger partial charge in [-0.3, -0.25) is 14.3 Å². The summed E-state index contributed by atoms with van der Waals surface area (Å²) in [6, 6.07) is -0.329. The molecule has 2 aromatic rings. The molecule has 2 aliphatic rings. The van der Waals surface area contributed by atoms with Gasteiger partial charge in [0.15, 0.2) is 17.7 Å². The van der Waals surface area contributed by atoms with Crippen LogP contribution in [-0.4, -0.2) is 103 Å². The molecule has 176 valence electrons. The first-order valence-electron chi connectivity index (χ1n) is 10.5. The number of aliphatic hydroxyl groups excluding tert-OH is 2. The van der Waals surface area contributed by atoms with Crippen molar-refractivity contribution in [2.24, 2.45) is 5.73 Å². The number of aliphatic hydroxyl groups is 2. The van der Waals surface area contributed by atoms with Gasteiger partial charge in [0.2, 0.25) is 0 Å². The molecule has 32 heavy (non-hydrogen) atoms. The predicted molar refractivity (Wildman–Crippen MR) is 118 cm³/mol. The SMILES string of the molecule is COC(=O)C1CC(SC[C@H]2O[C@@H](n3cnc4c(N)ncnc43)[C@@H](O)C2O)CCN1CCN. The molecule has 4 rings (SSSR count). The molecule has 0 radical (unpaired) electrons.